The SMILES string of the molecule is Cc1cc(OCCCn2c(C(=O)NS(=O)(=O)c3ccc(S(=O)(=O)N4CCC[C@H](C)C4)cc3)c(C)c3cc(Cl)ccc32)cc(C)c1Cl. The Morgan fingerprint density at radius 2 is 1.61 bits per heavy atom. The highest BCUT2D eigenvalue weighted by atomic mass is 35.5. The Hall–Kier alpha value is -3.09. The number of hydrogen-bond acceptors (Lipinski definition) is 6. The number of benzene rings is 3. The van der Waals surface area contributed by atoms with Crippen molar-refractivity contribution in [3.8, 4) is 5.75 Å². The van der Waals surface area contributed by atoms with Crippen molar-refractivity contribution in [3.63, 3.8) is 0 Å². The summed E-state index contributed by atoms with van der Waals surface area (Å²) < 4.78 is 64.4. The van der Waals surface area contributed by atoms with Gasteiger partial charge in [0.25, 0.3) is 15.9 Å². The summed E-state index contributed by atoms with van der Waals surface area (Å²) in [5.74, 6) is 0.125. The van der Waals surface area contributed by atoms with E-state index in [0.29, 0.717) is 54.0 Å². The van der Waals surface area contributed by atoms with E-state index in [0.717, 1.165) is 34.9 Å². The highest BCUT2D eigenvalue weighted by Crippen LogP contribution is 2.30. The number of fused-ring (bicyclic) bond motifs is 1. The van der Waals surface area contributed by atoms with Crippen LogP contribution in [-0.2, 0) is 26.6 Å². The van der Waals surface area contributed by atoms with Gasteiger partial charge in [0.05, 0.1) is 16.4 Å². The molecule has 1 N–H and O–H groups in total. The molecule has 9 nitrogen and oxygen atoms in total. The van der Waals surface area contributed by atoms with Crippen LogP contribution in [0.25, 0.3) is 10.9 Å². The van der Waals surface area contributed by atoms with E-state index in [-0.39, 0.29) is 21.4 Å². The lowest BCUT2D eigenvalue weighted by molar-refractivity contribution is 0.0971. The van der Waals surface area contributed by atoms with Crippen LogP contribution < -0.4 is 9.46 Å². The number of nitrogens with zero attached hydrogens (tertiary/aromatic N) is 2. The molecule has 1 atom stereocenters. The predicted octanol–water partition coefficient (Wildman–Crippen LogP) is 6.88. The molecular formula is C33H37Cl2N3O6S2. The van der Waals surface area contributed by atoms with E-state index in [9.17, 15) is 21.6 Å². The number of sulfonamides is 2. The summed E-state index contributed by atoms with van der Waals surface area (Å²) in [4.78, 5) is 13.4. The second-order valence-electron chi connectivity index (χ2n) is 11.9. The zero-order valence-electron chi connectivity index (χ0n) is 26.1. The van der Waals surface area contributed by atoms with Gasteiger partial charge in [0.2, 0.25) is 10.0 Å². The lowest BCUT2D eigenvalue weighted by Gasteiger charge is -2.30. The molecule has 1 amide bonds. The number of aryl methyl sites for hydroxylation is 4. The molecule has 0 spiro atoms. The average molecular weight is 707 g/mol. The van der Waals surface area contributed by atoms with Crippen LogP contribution in [0.15, 0.2) is 64.4 Å². The number of hydrogen-bond donors (Lipinski definition) is 1. The van der Waals surface area contributed by atoms with Crippen molar-refractivity contribution in [2.75, 3.05) is 19.7 Å². The molecule has 0 bridgehead atoms. The summed E-state index contributed by atoms with van der Waals surface area (Å²) >= 11 is 12.5. The van der Waals surface area contributed by atoms with E-state index in [4.69, 9.17) is 27.9 Å². The van der Waals surface area contributed by atoms with Gasteiger partial charge in [0.1, 0.15) is 11.4 Å². The minimum atomic E-state index is -4.34. The predicted molar refractivity (Wildman–Crippen MR) is 181 cm³/mol. The molecule has 1 aliphatic heterocycles. The Kier molecular flexibility index (Phi) is 10.1. The third-order valence-electron chi connectivity index (χ3n) is 8.32. The number of amides is 1. The van der Waals surface area contributed by atoms with Crippen LogP contribution >= 0.6 is 23.2 Å². The summed E-state index contributed by atoms with van der Waals surface area (Å²) in [6.45, 7) is 9.12. The Labute approximate surface area is 280 Å². The molecular weight excluding hydrogens is 669 g/mol. The molecule has 3 aromatic carbocycles. The van der Waals surface area contributed by atoms with Gasteiger partial charge in [0, 0.05) is 40.6 Å². The van der Waals surface area contributed by atoms with Crippen LogP contribution in [0, 0.1) is 26.7 Å². The van der Waals surface area contributed by atoms with Crippen molar-refractivity contribution in [2.45, 2.75) is 63.3 Å². The molecule has 246 valence electrons. The van der Waals surface area contributed by atoms with Gasteiger partial charge < -0.3 is 9.30 Å². The van der Waals surface area contributed by atoms with Gasteiger partial charge in [-0.3, -0.25) is 4.79 Å². The number of piperidine rings is 1. The molecule has 0 saturated carbocycles. The number of nitrogens with one attached hydrogen (secondary N) is 1. The Balaban J connectivity index is 1.36. The number of halogens is 2. The fourth-order valence-corrected chi connectivity index (χ4v) is 8.79. The van der Waals surface area contributed by atoms with E-state index in [1.165, 1.54) is 28.6 Å². The second kappa shape index (κ2) is 13.6. The highest BCUT2D eigenvalue weighted by Gasteiger charge is 2.30. The molecule has 13 heteroatoms. The number of rotatable bonds is 10. The molecule has 4 aromatic rings. The topological polar surface area (TPSA) is 115 Å². The fraction of sp³-hybridized carbons (Fsp3) is 0.364. The van der Waals surface area contributed by atoms with Gasteiger partial charge in [-0.15, -0.1) is 0 Å². The largest absolute Gasteiger partial charge is 0.494 e. The van der Waals surface area contributed by atoms with Crippen molar-refractivity contribution in [1.29, 1.82) is 0 Å². The molecule has 5 rings (SSSR count). The van der Waals surface area contributed by atoms with E-state index in [1.54, 1.807) is 29.7 Å². The Morgan fingerprint density at radius 3 is 2.26 bits per heavy atom. The molecule has 0 unspecified atom stereocenters. The van der Waals surface area contributed by atoms with Crippen LogP contribution in [-0.4, -0.2) is 51.3 Å². The first-order chi connectivity index (χ1) is 21.7. The Morgan fingerprint density at radius 1 is 0.957 bits per heavy atom. The fourth-order valence-electron chi connectivity index (χ4n) is 5.96. The van der Waals surface area contributed by atoms with Crippen LogP contribution in [0.4, 0.5) is 0 Å². The number of carbonyl (C=O) groups is 1. The van der Waals surface area contributed by atoms with Crippen molar-refractivity contribution >= 4 is 60.1 Å². The van der Waals surface area contributed by atoms with Crippen LogP contribution in [0.3, 0.4) is 0 Å². The first-order valence-corrected chi connectivity index (χ1v) is 18.7. The summed E-state index contributed by atoms with van der Waals surface area (Å²) in [5, 5.41) is 1.90. The average Bonchev–Trinajstić information content (AvgIpc) is 3.28. The normalized spacial score (nSPS) is 16.1. The monoisotopic (exact) mass is 705 g/mol. The van der Waals surface area contributed by atoms with Gasteiger partial charge in [0.15, 0.2) is 0 Å². The number of ether oxygens (including phenoxy) is 1. The van der Waals surface area contributed by atoms with Crippen LogP contribution in [0.2, 0.25) is 10.0 Å². The van der Waals surface area contributed by atoms with E-state index in [1.807, 2.05) is 32.9 Å². The number of carbonyl (C=O) groups excluding carboxylic acids is 1. The van der Waals surface area contributed by atoms with E-state index >= 15 is 0 Å². The first-order valence-electron chi connectivity index (χ1n) is 15.0. The van der Waals surface area contributed by atoms with Crippen LogP contribution in [0.1, 0.15) is 53.4 Å². The molecule has 46 heavy (non-hydrogen) atoms. The zero-order chi connectivity index (χ0) is 33.4. The molecule has 0 aliphatic carbocycles. The maximum Gasteiger partial charge on any atom is 0.281 e. The van der Waals surface area contributed by atoms with Crippen molar-refractivity contribution in [1.82, 2.24) is 13.6 Å². The minimum Gasteiger partial charge on any atom is -0.494 e. The lowest BCUT2D eigenvalue weighted by atomic mass is 10.0. The highest BCUT2D eigenvalue weighted by molar-refractivity contribution is 7.90. The van der Waals surface area contributed by atoms with E-state index < -0.39 is 26.0 Å². The summed E-state index contributed by atoms with van der Waals surface area (Å²) in [7, 11) is -8.11. The van der Waals surface area contributed by atoms with Gasteiger partial charge in [-0.25, -0.2) is 21.6 Å². The van der Waals surface area contributed by atoms with Crippen LogP contribution in [0.5, 0.6) is 5.75 Å². The maximum atomic E-state index is 13.7. The Bertz CT molecular complexity index is 1990. The number of aromatic nitrogens is 1. The minimum absolute atomic E-state index is 0.00543. The molecule has 1 aliphatic rings. The van der Waals surface area contributed by atoms with E-state index in [2.05, 4.69) is 4.72 Å². The zero-order valence-corrected chi connectivity index (χ0v) is 29.3. The van der Waals surface area contributed by atoms with Gasteiger partial charge in [-0.1, -0.05) is 30.1 Å². The molecule has 1 saturated heterocycles. The molecule has 1 fully saturated rings. The van der Waals surface area contributed by atoms with Crippen molar-refractivity contribution in [2.24, 2.45) is 5.92 Å². The van der Waals surface area contributed by atoms with Crippen molar-refractivity contribution in [3.05, 3.63) is 87.0 Å². The third-order valence-corrected chi connectivity index (χ3v) is 12.4. The second-order valence-corrected chi connectivity index (χ2v) is 16.3. The third kappa shape index (κ3) is 7.08. The lowest BCUT2D eigenvalue weighted by Crippen LogP contribution is -2.39. The summed E-state index contributed by atoms with van der Waals surface area (Å²) in [5.41, 5.74) is 3.30. The molecule has 1 aromatic heterocycles. The van der Waals surface area contributed by atoms with Gasteiger partial charge >= 0.3 is 0 Å². The van der Waals surface area contributed by atoms with Gasteiger partial charge in [-0.2, -0.15) is 4.31 Å². The quantitative estimate of drug-likeness (QED) is 0.180. The maximum absolute atomic E-state index is 13.7. The first kappa shape index (κ1) is 34.3. The standard InChI is InChI=1S/C33H37Cl2N3O6S2/c1-21-7-5-14-37(20-21)46(42,43)28-11-9-27(10-12-28)45(40,41)36-33(39)32-24(4)29-19-25(34)8-13-30(29)38(32)15-6-16-44-26-17-22(2)31(35)23(3)18-26/h8-13,17-19,21H,5-7,14-16,20H2,1-4H3,(H,36,39)/t21-/m0/s1. The molecule has 0 radical (unpaired) electrons. The summed E-state index contributed by atoms with van der Waals surface area (Å²) in [6.07, 6.45) is 2.26. The van der Waals surface area contributed by atoms with Crippen molar-refractivity contribution < 1.29 is 26.4 Å². The van der Waals surface area contributed by atoms with Gasteiger partial charge in [-0.05, 0) is 117 Å². The summed E-state index contributed by atoms with van der Waals surface area (Å²) in [6, 6.07) is 13.9. The smallest absolute Gasteiger partial charge is 0.281 e. The molecule has 2 heterocycles.